The third-order valence-corrected chi connectivity index (χ3v) is 4.00. The zero-order valence-corrected chi connectivity index (χ0v) is 8.80. The maximum atomic E-state index is 11.7. The molecular formula is C11H17NO2. The van der Waals surface area contributed by atoms with E-state index in [1.165, 1.54) is 0 Å². The van der Waals surface area contributed by atoms with E-state index in [1.54, 1.807) is 0 Å². The van der Waals surface area contributed by atoms with E-state index in [-0.39, 0.29) is 17.2 Å². The largest absolute Gasteiger partial charge is 0.296 e. The predicted octanol–water partition coefficient (Wildman–Crippen LogP) is 1.48. The summed E-state index contributed by atoms with van der Waals surface area (Å²) in [5, 5.41) is 2.43. The standard InChI is InChI=1S/C11H17NO2/c1-7-3-4-11(5-8(7)2)6-9(13)12-10(11)14/h7-8H,3-6H2,1-2H3,(H,12,13,14). The first kappa shape index (κ1) is 9.69. The van der Waals surface area contributed by atoms with E-state index in [2.05, 4.69) is 19.2 Å². The van der Waals surface area contributed by atoms with E-state index in [4.69, 9.17) is 0 Å². The molecule has 1 aliphatic carbocycles. The van der Waals surface area contributed by atoms with Gasteiger partial charge in [0, 0.05) is 6.42 Å². The molecule has 1 saturated heterocycles. The van der Waals surface area contributed by atoms with Gasteiger partial charge in [0.1, 0.15) is 0 Å². The van der Waals surface area contributed by atoms with Crippen molar-refractivity contribution in [3.63, 3.8) is 0 Å². The lowest BCUT2D eigenvalue weighted by Crippen LogP contribution is -2.38. The van der Waals surface area contributed by atoms with Gasteiger partial charge in [0.2, 0.25) is 11.8 Å². The van der Waals surface area contributed by atoms with Gasteiger partial charge in [-0.1, -0.05) is 13.8 Å². The quantitative estimate of drug-likeness (QED) is 0.595. The van der Waals surface area contributed by atoms with Crippen LogP contribution in [0.15, 0.2) is 0 Å². The lowest BCUT2D eigenvalue weighted by Gasteiger charge is -2.37. The Hall–Kier alpha value is -0.860. The van der Waals surface area contributed by atoms with Crippen molar-refractivity contribution >= 4 is 11.8 Å². The van der Waals surface area contributed by atoms with Gasteiger partial charge in [-0.05, 0) is 31.1 Å². The number of hydrogen-bond acceptors (Lipinski definition) is 2. The molecule has 3 heteroatoms. The topological polar surface area (TPSA) is 46.2 Å². The van der Waals surface area contributed by atoms with E-state index >= 15 is 0 Å². The van der Waals surface area contributed by atoms with Gasteiger partial charge in [-0.3, -0.25) is 14.9 Å². The minimum atomic E-state index is -0.344. The highest BCUT2D eigenvalue weighted by Gasteiger charge is 2.49. The first-order valence-electron chi connectivity index (χ1n) is 5.38. The molecule has 0 aromatic carbocycles. The molecule has 1 N–H and O–H groups in total. The lowest BCUT2D eigenvalue weighted by atomic mass is 9.65. The van der Waals surface area contributed by atoms with Crippen LogP contribution in [-0.2, 0) is 9.59 Å². The van der Waals surface area contributed by atoms with Gasteiger partial charge >= 0.3 is 0 Å². The fourth-order valence-corrected chi connectivity index (χ4v) is 2.77. The zero-order chi connectivity index (χ0) is 10.3. The van der Waals surface area contributed by atoms with Crippen molar-refractivity contribution in [1.82, 2.24) is 5.32 Å². The van der Waals surface area contributed by atoms with Crippen molar-refractivity contribution in [2.24, 2.45) is 17.3 Å². The molecular weight excluding hydrogens is 178 g/mol. The van der Waals surface area contributed by atoms with Gasteiger partial charge in [-0.25, -0.2) is 0 Å². The van der Waals surface area contributed by atoms with Gasteiger partial charge in [-0.15, -0.1) is 0 Å². The molecule has 2 fully saturated rings. The molecule has 3 nitrogen and oxygen atoms in total. The van der Waals surface area contributed by atoms with Crippen molar-refractivity contribution < 1.29 is 9.59 Å². The summed E-state index contributed by atoms with van der Waals surface area (Å²) in [7, 11) is 0. The van der Waals surface area contributed by atoms with E-state index in [1.807, 2.05) is 0 Å². The van der Waals surface area contributed by atoms with Crippen molar-refractivity contribution in [3.8, 4) is 0 Å². The molecule has 0 aromatic heterocycles. The van der Waals surface area contributed by atoms with Crippen molar-refractivity contribution in [2.75, 3.05) is 0 Å². The Morgan fingerprint density at radius 1 is 1.29 bits per heavy atom. The van der Waals surface area contributed by atoms with Crippen LogP contribution >= 0.6 is 0 Å². The van der Waals surface area contributed by atoms with E-state index in [0.29, 0.717) is 18.3 Å². The van der Waals surface area contributed by atoms with Crippen LogP contribution in [0.25, 0.3) is 0 Å². The molecule has 0 radical (unpaired) electrons. The van der Waals surface area contributed by atoms with Gasteiger partial charge in [0.05, 0.1) is 5.41 Å². The van der Waals surface area contributed by atoms with E-state index in [0.717, 1.165) is 19.3 Å². The highest BCUT2D eigenvalue weighted by molar-refractivity contribution is 6.05. The Labute approximate surface area is 84.2 Å². The molecule has 2 rings (SSSR count). The summed E-state index contributed by atoms with van der Waals surface area (Å²) in [6.07, 6.45) is 3.26. The third kappa shape index (κ3) is 1.35. The maximum absolute atomic E-state index is 11.7. The fourth-order valence-electron chi connectivity index (χ4n) is 2.77. The van der Waals surface area contributed by atoms with Crippen molar-refractivity contribution in [1.29, 1.82) is 0 Å². The molecule has 3 unspecified atom stereocenters. The number of hydrogen-bond donors (Lipinski definition) is 1. The number of amides is 2. The van der Waals surface area contributed by atoms with Crippen LogP contribution in [0.2, 0.25) is 0 Å². The van der Waals surface area contributed by atoms with Crippen LogP contribution in [0.4, 0.5) is 0 Å². The number of rotatable bonds is 0. The summed E-state index contributed by atoms with van der Waals surface area (Å²) in [4.78, 5) is 22.9. The van der Waals surface area contributed by atoms with Crippen molar-refractivity contribution in [3.05, 3.63) is 0 Å². The number of imide groups is 1. The number of carbonyl (C=O) groups excluding carboxylic acids is 2. The monoisotopic (exact) mass is 195 g/mol. The normalized spacial score (nSPS) is 43.0. The van der Waals surface area contributed by atoms with Crippen molar-refractivity contribution in [2.45, 2.75) is 39.5 Å². The summed E-state index contributed by atoms with van der Waals surface area (Å²) >= 11 is 0. The Bertz CT molecular complexity index is 287. The smallest absolute Gasteiger partial charge is 0.233 e. The molecule has 14 heavy (non-hydrogen) atoms. The molecule has 1 spiro atoms. The van der Waals surface area contributed by atoms with Crippen LogP contribution in [-0.4, -0.2) is 11.8 Å². The SMILES string of the molecule is CC1CCC2(CC(=O)NC2=O)CC1C. The van der Waals surface area contributed by atoms with Crippen LogP contribution < -0.4 is 5.32 Å². The summed E-state index contributed by atoms with van der Waals surface area (Å²) in [6.45, 7) is 4.41. The molecule has 3 atom stereocenters. The molecule has 0 bridgehead atoms. The summed E-state index contributed by atoms with van der Waals surface area (Å²) in [5.74, 6) is 1.13. The maximum Gasteiger partial charge on any atom is 0.233 e. The number of carbonyl (C=O) groups is 2. The van der Waals surface area contributed by atoms with Crippen LogP contribution in [0.1, 0.15) is 39.5 Å². The minimum absolute atomic E-state index is 0.0266. The number of nitrogens with one attached hydrogen (secondary N) is 1. The summed E-state index contributed by atoms with van der Waals surface area (Å²) < 4.78 is 0. The zero-order valence-electron chi connectivity index (χ0n) is 8.80. The minimum Gasteiger partial charge on any atom is -0.296 e. The average molecular weight is 195 g/mol. The predicted molar refractivity (Wildman–Crippen MR) is 52.4 cm³/mol. The second kappa shape index (κ2) is 3.07. The van der Waals surface area contributed by atoms with E-state index in [9.17, 15) is 9.59 Å². The first-order chi connectivity index (χ1) is 6.53. The second-order valence-electron chi connectivity index (χ2n) is 5.03. The third-order valence-electron chi connectivity index (χ3n) is 4.00. The molecule has 1 aliphatic heterocycles. The Morgan fingerprint density at radius 2 is 2.00 bits per heavy atom. The Balaban J connectivity index is 2.18. The van der Waals surface area contributed by atoms with Gasteiger partial charge in [0.25, 0.3) is 0 Å². The summed E-state index contributed by atoms with van der Waals surface area (Å²) in [5.41, 5.74) is -0.344. The molecule has 1 heterocycles. The average Bonchev–Trinajstić information content (AvgIpc) is 2.36. The first-order valence-corrected chi connectivity index (χ1v) is 5.38. The Kier molecular flexibility index (Phi) is 2.13. The molecule has 78 valence electrons. The van der Waals surface area contributed by atoms with Gasteiger partial charge in [0.15, 0.2) is 0 Å². The van der Waals surface area contributed by atoms with Crippen LogP contribution in [0.5, 0.6) is 0 Å². The summed E-state index contributed by atoms with van der Waals surface area (Å²) in [6, 6.07) is 0. The van der Waals surface area contributed by atoms with Gasteiger partial charge < -0.3 is 0 Å². The Morgan fingerprint density at radius 3 is 2.50 bits per heavy atom. The van der Waals surface area contributed by atoms with E-state index < -0.39 is 0 Å². The highest BCUT2D eigenvalue weighted by Crippen LogP contribution is 2.46. The second-order valence-corrected chi connectivity index (χ2v) is 5.03. The molecule has 1 saturated carbocycles. The van der Waals surface area contributed by atoms with Crippen LogP contribution in [0, 0.1) is 17.3 Å². The molecule has 2 aliphatic rings. The highest BCUT2D eigenvalue weighted by atomic mass is 16.2. The fraction of sp³-hybridized carbons (Fsp3) is 0.818. The lowest BCUT2D eigenvalue weighted by molar-refractivity contribution is -0.131. The van der Waals surface area contributed by atoms with Crippen LogP contribution in [0.3, 0.4) is 0 Å². The van der Waals surface area contributed by atoms with Gasteiger partial charge in [-0.2, -0.15) is 0 Å². The molecule has 0 aromatic rings. The molecule has 2 amide bonds.